The first-order chi connectivity index (χ1) is 8.19. The molecule has 0 saturated heterocycles. The molecule has 1 unspecified atom stereocenters. The Bertz CT molecular complexity index is 493. The molecular weight excluding hydrogens is 278 g/mol. The first-order valence-corrected chi connectivity index (χ1v) is 6.54. The van der Waals surface area contributed by atoms with E-state index in [9.17, 15) is 0 Å². The maximum Gasteiger partial charge on any atom is 0.0923 e. The van der Waals surface area contributed by atoms with Gasteiger partial charge in [0.15, 0.2) is 0 Å². The van der Waals surface area contributed by atoms with E-state index in [0.717, 1.165) is 34.3 Å². The average Bonchev–Trinajstić information content (AvgIpc) is 2.77. The van der Waals surface area contributed by atoms with Crippen molar-refractivity contribution in [1.29, 1.82) is 0 Å². The van der Waals surface area contributed by atoms with Crippen LogP contribution in [0.3, 0.4) is 0 Å². The molecule has 2 rings (SSSR count). The van der Waals surface area contributed by atoms with Crippen molar-refractivity contribution in [3.8, 4) is 11.3 Å². The Morgan fingerprint density at radius 1 is 1.41 bits per heavy atom. The zero-order valence-electron chi connectivity index (χ0n) is 9.78. The van der Waals surface area contributed by atoms with E-state index in [1.807, 2.05) is 18.2 Å². The molecule has 1 aromatic carbocycles. The van der Waals surface area contributed by atoms with Crippen LogP contribution in [-0.4, -0.2) is 16.2 Å². The topological polar surface area (TPSA) is 54.7 Å². The number of benzene rings is 1. The summed E-state index contributed by atoms with van der Waals surface area (Å²) in [5.41, 5.74) is 9.08. The predicted molar refractivity (Wildman–Crippen MR) is 73.7 cm³/mol. The Balaban J connectivity index is 2.18. The van der Waals surface area contributed by atoms with Gasteiger partial charge in [0.05, 0.1) is 5.69 Å². The van der Waals surface area contributed by atoms with Gasteiger partial charge in [0.1, 0.15) is 0 Å². The molecule has 3 N–H and O–H groups in total. The van der Waals surface area contributed by atoms with Crippen LogP contribution < -0.4 is 5.73 Å². The first-order valence-electron chi connectivity index (χ1n) is 5.75. The van der Waals surface area contributed by atoms with Crippen LogP contribution in [0.1, 0.15) is 19.0 Å². The zero-order chi connectivity index (χ0) is 12.3. The minimum atomic E-state index is 0.200. The van der Waals surface area contributed by atoms with Crippen molar-refractivity contribution < 1.29 is 0 Å². The number of hydrogen-bond donors (Lipinski definition) is 2. The molecule has 4 heteroatoms. The van der Waals surface area contributed by atoms with Crippen molar-refractivity contribution in [3.63, 3.8) is 0 Å². The van der Waals surface area contributed by atoms with Crippen molar-refractivity contribution in [2.24, 2.45) is 5.73 Å². The summed E-state index contributed by atoms with van der Waals surface area (Å²) in [7, 11) is 0. The fourth-order valence-corrected chi connectivity index (χ4v) is 2.09. The minimum Gasteiger partial charge on any atom is -0.327 e. The molecule has 2 aromatic rings. The van der Waals surface area contributed by atoms with Gasteiger partial charge in [0, 0.05) is 28.2 Å². The summed E-state index contributed by atoms with van der Waals surface area (Å²) in [6.07, 6.45) is 1.82. The molecule has 17 heavy (non-hydrogen) atoms. The number of nitrogens with one attached hydrogen (secondary N) is 1. The summed E-state index contributed by atoms with van der Waals surface area (Å²) in [5.74, 6) is 0. The summed E-state index contributed by atoms with van der Waals surface area (Å²) in [6, 6.07) is 10.4. The Labute approximate surface area is 110 Å². The lowest BCUT2D eigenvalue weighted by Gasteiger charge is -2.04. The lowest BCUT2D eigenvalue weighted by molar-refractivity contribution is 0.635. The number of rotatable bonds is 4. The Morgan fingerprint density at radius 3 is 2.94 bits per heavy atom. The maximum atomic E-state index is 5.92. The van der Waals surface area contributed by atoms with Gasteiger partial charge in [-0.25, -0.2) is 0 Å². The zero-order valence-corrected chi connectivity index (χ0v) is 11.4. The largest absolute Gasteiger partial charge is 0.327 e. The fraction of sp³-hybridized carbons (Fsp3) is 0.308. The van der Waals surface area contributed by atoms with Crippen LogP contribution in [-0.2, 0) is 6.42 Å². The van der Waals surface area contributed by atoms with Crippen molar-refractivity contribution in [1.82, 2.24) is 10.2 Å². The predicted octanol–water partition coefficient (Wildman–Crippen LogP) is 3.12. The van der Waals surface area contributed by atoms with Crippen LogP contribution in [0.15, 0.2) is 34.8 Å². The van der Waals surface area contributed by atoms with Crippen LogP contribution in [0.5, 0.6) is 0 Å². The molecule has 1 aromatic heterocycles. The second-order valence-corrected chi connectivity index (χ2v) is 5.08. The SMILES string of the molecule is CCC(N)Cc1cc(-c2cccc(Br)c2)n[nH]1. The van der Waals surface area contributed by atoms with E-state index in [2.05, 4.69) is 45.2 Å². The summed E-state index contributed by atoms with van der Waals surface area (Å²) < 4.78 is 1.06. The first kappa shape index (κ1) is 12.3. The van der Waals surface area contributed by atoms with Gasteiger partial charge < -0.3 is 5.73 Å². The van der Waals surface area contributed by atoms with Crippen LogP contribution in [0.25, 0.3) is 11.3 Å². The van der Waals surface area contributed by atoms with Gasteiger partial charge in [-0.1, -0.05) is 35.0 Å². The van der Waals surface area contributed by atoms with Crippen molar-refractivity contribution in [2.75, 3.05) is 0 Å². The third kappa shape index (κ3) is 3.17. The number of nitrogens with zero attached hydrogens (tertiary/aromatic N) is 1. The monoisotopic (exact) mass is 293 g/mol. The molecular formula is C13H16BrN3. The highest BCUT2D eigenvalue weighted by molar-refractivity contribution is 9.10. The highest BCUT2D eigenvalue weighted by Crippen LogP contribution is 2.22. The van der Waals surface area contributed by atoms with Crippen molar-refractivity contribution in [3.05, 3.63) is 40.5 Å². The second-order valence-electron chi connectivity index (χ2n) is 4.16. The van der Waals surface area contributed by atoms with Crippen molar-refractivity contribution >= 4 is 15.9 Å². The quantitative estimate of drug-likeness (QED) is 0.910. The lowest BCUT2D eigenvalue weighted by atomic mass is 10.1. The van der Waals surface area contributed by atoms with Gasteiger partial charge in [-0.05, 0) is 24.6 Å². The minimum absolute atomic E-state index is 0.200. The number of aromatic nitrogens is 2. The number of H-pyrrole nitrogens is 1. The molecule has 0 aliphatic heterocycles. The summed E-state index contributed by atoms with van der Waals surface area (Å²) >= 11 is 3.46. The molecule has 0 spiro atoms. The van der Waals surface area contributed by atoms with Crippen LogP contribution in [0.4, 0.5) is 0 Å². The molecule has 90 valence electrons. The van der Waals surface area contributed by atoms with E-state index in [0.29, 0.717) is 0 Å². The van der Waals surface area contributed by atoms with E-state index >= 15 is 0 Å². The number of nitrogens with two attached hydrogens (primary N) is 1. The van der Waals surface area contributed by atoms with Crippen molar-refractivity contribution in [2.45, 2.75) is 25.8 Å². The summed E-state index contributed by atoms with van der Waals surface area (Å²) in [6.45, 7) is 2.09. The Hall–Kier alpha value is -1.13. The van der Waals surface area contributed by atoms with Crippen LogP contribution in [0.2, 0.25) is 0 Å². The fourth-order valence-electron chi connectivity index (χ4n) is 1.69. The molecule has 1 heterocycles. The van der Waals surface area contributed by atoms with Gasteiger partial charge in [0.2, 0.25) is 0 Å². The molecule has 1 atom stereocenters. The summed E-state index contributed by atoms with van der Waals surface area (Å²) in [4.78, 5) is 0. The Kier molecular flexibility index (Phi) is 3.97. The summed E-state index contributed by atoms with van der Waals surface area (Å²) in [5, 5.41) is 7.36. The molecule has 0 fully saturated rings. The molecule has 0 amide bonds. The number of halogens is 1. The van der Waals surface area contributed by atoms with E-state index < -0.39 is 0 Å². The van der Waals surface area contributed by atoms with Gasteiger partial charge in [0.25, 0.3) is 0 Å². The highest BCUT2D eigenvalue weighted by Gasteiger charge is 2.07. The maximum absolute atomic E-state index is 5.92. The van der Waals surface area contributed by atoms with E-state index in [1.54, 1.807) is 0 Å². The molecule has 0 aliphatic rings. The van der Waals surface area contributed by atoms with Crippen LogP contribution in [0, 0.1) is 0 Å². The van der Waals surface area contributed by atoms with Gasteiger partial charge in [-0.15, -0.1) is 0 Å². The normalized spacial score (nSPS) is 12.6. The van der Waals surface area contributed by atoms with Gasteiger partial charge in [-0.3, -0.25) is 5.10 Å². The van der Waals surface area contributed by atoms with E-state index in [-0.39, 0.29) is 6.04 Å². The van der Waals surface area contributed by atoms with Crippen LogP contribution >= 0.6 is 15.9 Å². The van der Waals surface area contributed by atoms with Gasteiger partial charge >= 0.3 is 0 Å². The average molecular weight is 294 g/mol. The lowest BCUT2D eigenvalue weighted by Crippen LogP contribution is -2.21. The third-order valence-electron chi connectivity index (χ3n) is 2.76. The van der Waals surface area contributed by atoms with Gasteiger partial charge in [-0.2, -0.15) is 5.10 Å². The highest BCUT2D eigenvalue weighted by atomic mass is 79.9. The molecule has 0 aliphatic carbocycles. The molecule has 0 saturated carbocycles. The Morgan fingerprint density at radius 2 is 2.24 bits per heavy atom. The smallest absolute Gasteiger partial charge is 0.0923 e. The van der Waals surface area contributed by atoms with E-state index in [4.69, 9.17) is 5.73 Å². The molecule has 0 radical (unpaired) electrons. The standard InChI is InChI=1S/C13H16BrN3/c1-2-11(15)7-12-8-13(17-16-12)9-4-3-5-10(14)6-9/h3-6,8,11H,2,7,15H2,1H3,(H,16,17). The third-order valence-corrected chi connectivity index (χ3v) is 3.25. The number of hydrogen-bond acceptors (Lipinski definition) is 2. The molecule has 3 nitrogen and oxygen atoms in total. The molecule has 0 bridgehead atoms. The number of aromatic amines is 1. The second kappa shape index (κ2) is 5.47. The van der Waals surface area contributed by atoms with E-state index in [1.165, 1.54) is 0 Å².